The maximum Gasteiger partial charge on any atom is 0.326 e. The van der Waals surface area contributed by atoms with Crippen LogP contribution in [0.15, 0.2) is 24.3 Å². The van der Waals surface area contributed by atoms with Crippen molar-refractivity contribution in [3.05, 3.63) is 29.8 Å². The van der Waals surface area contributed by atoms with Crippen LogP contribution in [0.3, 0.4) is 0 Å². The van der Waals surface area contributed by atoms with E-state index in [4.69, 9.17) is 5.73 Å². The van der Waals surface area contributed by atoms with Crippen LogP contribution in [0.1, 0.15) is 133 Å². The molecule has 458 valence electrons. The predicted molar refractivity (Wildman–Crippen MR) is 313 cm³/mol. The molecule has 0 bridgehead atoms. The summed E-state index contributed by atoms with van der Waals surface area (Å²) in [4.78, 5) is 139. The highest BCUT2D eigenvalue weighted by molar-refractivity contribution is 7.98. The maximum atomic E-state index is 14.5. The standard InChI is InChI=1S/C56H94N10O13S2/c1-29(2)22-38(59-49(71)41(25-32(7)8)62-53(75)45-14-13-20-66(45)55(77)37(57)19-21-81-12)47(69)58-39(23-30(3)4)48(70)61-42(27-35-15-17-36(68)18-16-35)51(73)65-46(34(11)67)54(76)64-44(28-80)52(74)60-40(24-31(5)6)50(72)63-43(56(78)79)26-33(9)10/h15-18,29-34,37-46,67-68,80H,13-14,19-28,57H2,1-12H3,(H,58,69)(H,59,71)(H,60,74)(H,61,70)(H,62,75)(H,63,72)(H,64,76)(H,65,73)(H,78,79)/t34-,37+,38+,39+,40+,41+,42+,43+,44+,45+,46+/m1/s1. The lowest BCUT2D eigenvalue weighted by Gasteiger charge is -2.30. The van der Waals surface area contributed by atoms with Crippen molar-refractivity contribution in [1.29, 1.82) is 0 Å². The van der Waals surface area contributed by atoms with E-state index in [2.05, 4.69) is 55.2 Å². The van der Waals surface area contributed by atoms with Gasteiger partial charge in [0.15, 0.2) is 0 Å². The number of aliphatic hydroxyl groups excluding tert-OH is 1. The molecule has 0 unspecified atom stereocenters. The Kier molecular flexibility index (Phi) is 31.2. The van der Waals surface area contributed by atoms with Crippen LogP contribution in [0.4, 0.5) is 0 Å². The Hall–Kier alpha value is -5.66. The van der Waals surface area contributed by atoms with Gasteiger partial charge in [-0.1, -0.05) is 81.4 Å². The lowest BCUT2D eigenvalue weighted by Crippen LogP contribution is -2.62. The molecule has 13 N–H and O–H groups in total. The molecule has 1 aromatic carbocycles. The number of nitrogens with two attached hydrogens (primary N) is 1. The van der Waals surface area contributed by atoms with Crippen LogP contribution in [0.5, 0.6) is 5.75 Å². The van der Waals surface area contributed by atoms with E-state index >= 15 is 0 Å². The Morgan fingerprint density at radius 1 is 0.580 bits per heavy atom. The van der Waals surface area contributed by atoms with Crippen LogP contribution in [0, 0.1) is 29.6 Å². The van der Waals surface area contributed by atoms with Crippen LogP contribution in [-0.4, -0.2) is 170 Å². The number of thioether (sulfide) groups is 1. The van der Waals surface area contributed by atoms with E-state index < -0.39 is 120 Å². The van der Waals surface area contributed by atoms with E-state index in [0.717, 1.165) is 0 Å². The molecule has 1 saturated heterocycles. The minimum Gasteiger partial charge on any atom is -0.508 e. The van der Waals surface area contributed by atoms with E-state index in [0.29, 0.717) is 37.1 Å². The van der Waals surface area contributed by atoms with Gasteiger partial charge in [0.1, 0.15) is 60.1 Å². The molecular weight excluding hydrogens is 1080 g/mol. The lowest BCUT2D eigenvalue weighted by atomic mass is 9.98. The summed E-state index contributed by atoms with van der Waals surface area (Å²) in [5.74, 6) is -8.28. The number of nitrogens with zero attached hydrogens (tertiary/aromatic N) is 1. The number of rotatable bonds is 35. The Labute approximate surface area is 487 Å². The van der Waals surface area contributed by atoms with Gasteiger partial charge in [0.2, 0.25) is 53.2 Å². The number of carboxylic acid groups (broad SMARTS) is 1. The molecule has 11 atom stereocenters. The average molecular weight is 1180 g/mol. The molecule has 1 aliphatic rings. The molecule has 25 heteroatoms. The maximum absolute atomic E-state index is 14.5. The summed E-state index contributed by atoms with van der Waals surface area (Å²) in [5.41, 5.74) is 6.65. The number of nitrogens with one attached hydrogen (secondary N) is 8. The summed E-state index contributed by atoms with van der Waals surface area (Å²) in [6.45, 7) is 19.8. The van der Waals surface area contributed by atoms with Crippen molar-refractivity contribution in [3.8, 4) is 5.75 Å². The van der Waals surface area contributed by atoms with Crippen LogP contribution in [0.25, 0.3) is 0 Å². The third-order valence-electron chi connectivity index (χ3n) is 13.4. The smallest absolute Gasteiger partial charge is 0.326 e. The van der Waals surface area contributed by atoms with Crippen molar-refractivity contribution < 1.29 is 63.3 Å². The van der Waals surface area contributed by atoms with Crippen molar-refractivity contribution in [2.24, 2.45) is 35.3 Å². The van der Waals surface area contributed by atoms with E-state index in [1.54, 1.807) is 39.5 Å². The number of phenols is 1. The number of hydrogen-bond acceptors (Lipinski definition) is 15. The highest BCUT2D eigenvalue weighted by Gasteiger charge is 2.40. The first kappa shape index (κ1) is 71.4. The molecule has 81 heavy (non-hydrogen) atoms. The fourth-order valence-corrected chi connectivity index (χ4v) is 9.96. The minimum absolute atomic E-state index is 0.0563. The fraction of sp³-hybridized carbons (Fsp3) is 0.714. The van der Waals surface area contributed by atoms with E-state index in [1.165, 1.54) is 36.1 Å². The normalized spacial score (nSPS) is 17.2. The summed E-state index contributed by atoms with van der Waals surface area (Å²) in [6, 6.07) is -6.56. The van der Waals surface area contributed by atoms with Crippen molar-refractivity contribution in [3.63, 3.8) is 0 Å². The first-order valence-electron chi connectivity index (χ1n) is 28.2. The number of phenolic OH excluding ortho intramolecular Hbond substituents is 1. The summed E-state index contributed by atoms with van der Waals surface area (Å²) in [5, 5.41) is 51.8. The SMILES string of the molecule is CSCC[C@H](N)C(=O)N1CCC[C@H]1C(=O)N[C@@H](CC(C)C)C(=O)N[C@@H](CC(C)C)C(=O)N[C@@H](CC(C)C)C(=O)N[C@@H](Cc1ccc(O)cc1)C(=O)N[C@H](C(=O)N[C@@H](CS)C(=O)N[C@@H](CC(C)C)C(=O)N[C@@H](CC(C)C)C(=O)O)[C@@H](C)O. The van der Waals surface area contributed by atoms with Crippen LogP contribution >= 0.6 is 24.4 Å². The zero-order valence-corrected chi connectivity index (χ0v) is 51.0. The molecule has 1 aromatic rings. The molecule has 9 amide bonds. The molecule has 0 spiro atoms. The first-order chi connectivity index (χ1) is 37.9. The number of aliphatic carboxylic acids is 1. The fourth-order valence-electron chi connectivity index (χ4n) is 9.21. The van der Waals surface area contributed by atoms with Crippen LogP contribution < -0.4 is 48.3 Å². The second-order valence-corrected chi connectivity index (χ2v) is 24.6. The number of carbonyl (C=O) groups is 10. The van der Waals surface area contributed by atoms with Gasteiger partial charge in [-0.2, -0.15) is 24.4 Å². The quantitative estimate of drug-likeness (QED) is 0.0429. The highest BCUT2D eigenvalue weighted by atomic mass is 32.2. The number of aromatic hydroxyl groups is 1. The molecular formula is C56H94N10O13S2. The monoisotopic (exact) mass is 1180 g/mol. The zero-order valence-electron chi connectivity index (χ0n) is 49.3. The largest absolute Gasteiger partial charge is 0.508 e. The number of carbonyl (C=O) groups excluding carboxylic acids is 9. The number of benzene rings is 1. The summed E-state index contributed by atoms with van der Waals surface area (Å²) in [6.07, 6.45) is 2.11. The number of aliphatic hydroxyl groups is 1. The van der Waals surface area contributed by atoms with Gasteiger partial charge >= 0.3 is 5.97 Å². The summed E-state index contributed by atoms with van der Waals surface area (Å²) in [7, 11) is 0. The van der Waals surface area contributed by atoms with Gasteiger partial charge in [0, 0.05) is 18.7 Å². The third-order valence-corrected chi connectivity index (χ3v) is 14.4. The average Bonchev–Trinajstić information content (AvgIpc) is 3.95. The Balaban J connectivity index is 2.42. The lowest BCUT2D eigenvalue weighted by molar-refractivity contribution is -0.143. The third kappa shape index (κ3) is 25.2. The van der Waals surface area contributed by atoms with Gasteiger partial charge in [0.25, 0.3) is 0 Å². The molecule has 1 aliphatic heterocycles. The van der Waals surface area contributed by atoms with Gasteiger partial charge in [-0.05, 0) is 118 Å². The molecule has 23 nitrogen and oxygen atoms in total. The summed E-state index contributed by atoms with van der Waals surface area (Å²) >= 11 is 5.80. The number of amides is 9. The molecule has 0 aromatic heterocycles. The van der Waals surface area contributed by atoms with Crippen molar-refractivity contribution in [1.82, 2.24) is 47.4 Å². The van der Waals surface area contributed by atoms with Gasteiger partial charge in [-0.25, -0.2) is 4.79 Å². The second-order valence-electron chi connectivity index (χ2n) is 23.3. The van der Waals surface area contributed by atoms with Gasteiger partial charge < -0.3 is 68.5 Å². The Bertz CT molecular complexity index is 2250. The zero-order chi connectivity index (χ0) is 61.4. The second kappa shape index (κ2) is 35.4. The molecule has 1 heterocycles. The molecule has 0 saturated carbocycles. The van der Waals surface area contributed by atoms with E-state index in [9.17, 15) is 63.3 Å². The van der Waals surface area contributed by atoms with Gasteiger partial charge in [-0.3, -0.25) is 43.2 Å². The van der Waals surface area contributed by atoms with E-state index in [-0.39, 0.29) is 85.5 Å². The Morgan fingerprint density at radius 2 is 0.963 bits per heavy atom. The molecule has 2 rings (SSSR count). The van der Waals surface area contributed by atoms with Gasteiger partial charge in [0.05, 0.1) is 12.1 Å². The van der Waals surface area contributed by atoms with Crippen molar-refractivity contribution in [2.45, 2.75) is 200 Å². The van der Waals surface area contributed by atoms with E-state index in [1.807, 2.05) is 47.8 Å². The number of likely N-dealkylation sites (tertiary alicyclic amines) is 1. The first-order valence-corrected chi connectivity index (χ1v) is 30.2. The number of thiol groups is 1. The highest BCUT2D eigenvalue weighted by Crippen LogP contribution is 2.21. The van der Waals surface area contributed by atoms with Gasteiger partial charge in [-0.15, -0.1) is 0 Å². The summed E-state index contributed by atoms with van der Waals surface area (Å²) < 4.78 is 0. The number of hydrogen-bond donors (Lipinski definition) is 13. The number of carboxylic acids is 1. The molecule has 1 fully saturated rings. The van der Waals surface area contributed by atoms with Crippen molar-refractivity contribution >= 4 is 83.5 Å². The topological polar surface area (TPSA) is 357 Å². The Morgan fingerprint density at radius 3 is 1.37 bits per heavy atom. The van der Waals surface area contributed by atoms with Crippen LogP contribution in [0.2, 0.25) is 0 Å². The molecule has 0 aliphatic carbocycles. The van der Waals surface area contributed by atoms with Crippen LogP contribution in [-0.2, 0) is 54.4 Å². The predicted octanol–water partition coefficient (Wildman–Crippen LogP) is 1.51. The molecule has 0 radical (unpaired) electrons. The minimum atomic E-state index is -1.74. The van der Waals surface area contributed by atoms with Crippen molar-refractivity contribution in [2.75, 3.05) is 24.3 Å².